The van der Waals surface area contributed by atoms with Crippen molar-refractivity contribution >= 4 is 39.6 Å². The average molecular weight is 774 g/mol. The minimum atomic E-state index is -1.39. The molecular weight excluding hydrogens is 724 g/mol. The fourth-order valence-corrected chi connectivity index (χ4v) is 8.79. The summed E-state index contributed by atoms with van der Waals surface area (Å²) in [5.74, 6) is -3.53. The Morgan fingerprint density at radius 1 is 0.980 bits per heavy atom. The van der Waals surface area contributed by atoms with Gasteiger partial charge in [-0.05, 0) is 37.3 Å². The fraction of sp³-hybridized carbons (Fsp3) is 0.622. The van der Waals surface area contributed by atoms with Crippen LogP contribution in [0.5, 0.6) is 0 Å². The second kappa shape index (κ2) is 17.1. The van der Waals surface area contributed by atoms with Crippen molar-refractivity contribution in [1.82, 2.24) is 20.0 Å². The van der Waals surface area contributed by atoms with Gasteiger partial charge in [0.05, 0.1) is 31.8 Å². The Bertz CT molecular complexity index is 1470. The number of rotatable bonds is 11. The van der Waals surface area contributed by atoms with Crippen molar-refractivity contribution in [3.8, 4) is 0 Å². The summed E-state index contributed by atoms with van der Waals surface area (Å²) in [5.41, 5.74) is -0.734. The third kappa shape index (κ3) is 7.96. The summed E-state index contributed by atoms with van der Waals surface area (Å²) in [6.07, 6.45) is 6.28. The maximum Gasteiger partial charge on any atom is 0.313 e. The zero-order chi connectivity index (χ0) is 36.0. The first kappa shape index (κ1) is 37.6. The molecule has 3 fully saturated rings. The van der Waals surface area contributed by atoms with Crippen LogP contribution in [0.25, 0.3) is 0 Å². The SMILES string of the molecule is COC[C@@H]1NC(=O)CC/C=C\CN(CCN2CCOCC2)C(=O)[C@H]2N(CCCCCO)C(=O)[C@@H]3[C@@H](C(=O)O[C@H]1c1ccccc1)[C@@H]1O[C@@]32C=C1Br. The molecule has 14 heteroatoms. The third-order valence-corrected chi connectivity index (χ3v) is 11.2. The number of benzene rings is 1. The van der Waals surface area contributed by atoms with E-state index >= 15 is 0 Å². The van der Waals surface area contributed by atoms with Gasteiger partial charge in [0.1, 0.15) is 29.8 Å². The molecule has 0 unspecified atom stereocenters. The van der Waals surface area contributed by atoms with Crippen molar-refractivity contribution in [3.05, 3.63) is 58.6 Å². The van der Waals surface area contributed by atoms with Crippen molar-refractivity contribution < 1.29 is 43.2 Å². The number of hydrogen-bond acceptors (Lipinski definition) is 10. The molecule has 0 aliphatic carbocycles. The minimum Gasteiger partial charge on any atom is -0.455 e. The Balaban J connectivity index is 1.39. The first-order valence-electron chi connectivity index (χ1n) is 18.0. The normalized spacial score (nSPS) is 32.5. The Kier molecular flexibility index (Phi) is 12.6. The molecule has 5 heterocycles. The highest BCUT2D eigenvalue weighted by Crippen LogP contribution is 2.59. The Hall–Kier alpha value is -3.14. The number of fused-ring (bicyclic) bond motifs is 2. The summed E-state index contributed by atoms with van der Waals surface area (Å²) in [7, 11) is 1.52. The molecule has 1 aromatic carbocycles. The van der Waals surface area contributed by atoms with Gasteiger partial charge >= 0.3 is 5.97 Å². The summed E-state index contributed by atoms with van der Waals surface area (Å²) in [5, 5.41) is 12.4. The van der Waals surface area contributed by atoms with E-state index in [9.17, 15) is 24.3 Å². The van der Waals surface area contributed by atoms with Gasteiger partial charge in [-0.15, -0.1) is 0 Å². The number of methoxy groups -OCH3 is 1. The van der Waals surface area contributed by atoms with Crippen molar-refractivity contribution in [2.24, 2.45) is 11.8 Å². The van der Waals surface area contributed by atoms with Gasteiger partial charge in [0.25, 0.3) is 0 Å². The number of hydrogen-bond donors (Lipinski definition) is 2. The lowest BCUT2D eigenvalue weighted by atomic mass is 9.74. The van der Waals surface area contributed by atoms with E-state index in [0.29, 0.717) is 62.0 Å². The molecule has 51 heavy (non-hydrogen) atoms. The summed E-state index contributed by atoms with van der Waals surface area (Å²) in [6, 6.07) is 7.42. The standard InChI is InChI=1S/C37H49BrN4O9/c1-48-24-27-31(25-11-5-2-6-12-25)50-36(47)29-30-34(45)42(15-9-4-10-20-43)33(37(30)23-26(38)32(29)51-37)35(46)41(14-8-3-7-13-28(44)39-27)17-16-40-18-21-49-22-19-40/h2-3,5-6,8,11-12,23,27,29-33,43H,4,7,9-10,13-22,24H2,1H3,(H,39,44)/b8-3-/t27-,29+,30-,31-,32+,33+,37-/m0/s1. The molecule has 5 bridgehead atoms. The molecule has 278 valence electrons. The van der Waals surface area contributed by atoms with E-state index in [0.717, 1.165) is 13.1 Å². The Morgan fingerprint density at radius 2 is 1.76 bits per heavy atom. The van der Waals surface area contributed by atoms with Crippen LogP contribution in [0.2, 0.25) is 0 Å². The van der Waals surface area contributed by atoms with E-state index in [4.69, 9.17) is 18.9 Å². The van der Waals surface area contributed by atoms with E-state index in [1.54, 1.807) is 9.80 Å². The van der Waals surface area contributed by atoms with Crippen molar-refractivity contribution in [1.29, 1.82) is 0 Å². The lowest BCUT2D eigenvalue weighted by Crippen LogP contribution is -2.57. The molecule has 3 amide bonds. The molecule has 6 rings (SSSR count). The second-order valence-electron chi connectivity index (χ2n) is 13.8. The molecule has 2 N–H and O–H groups in total. The van der Waals surface area contributed by atoms with Gasteiger partial charge in [-0.25, -0.2) is 0 Å². The first-order chi connectivity index (χ1) is 24.8. The van der Waals surface area contributed by atoms with Crippen molar-refractivity contribution in [2.75, 3.05) is 72.8 Å². The molecule has 0 aromatic heterocycles. The second-order valence-corrected chi connectivity index (χ2v) is 14.7. The molecule has 1 spiro atoms. The predicted molar refractivity (Wildman–Crippen MR) is 189 cm³/mol. The number of esters is 1. The molecule has 0 saturated carbocycles. The number of aliphatic hydroxyl groups excluding tert-OH is 1. The molecule has 0 radical (unpaired) electrons. The number of halogens is 1. The minimum absolute atomic E-state index is 0.0337. The van der Waals surface area contributed by atoms with Gasteiger partial charge in [0.15, 0.2) is 0 Å². The molecule has 3 saturated heterocycles. The molecule has 7 atom stereocenters. The molecule has 1 aromatic rings. The number of allylic oxidation sites excluding steroid dienone is 1. The Labute approximate surface area is 307 Å². The highest BCUT2D eigenvalue weighted by atomic mass is 79.9. The summed E-state index contributed by atoms with van der Waals surface area (Å²) >= 11 is 3.63. The zero-order valence-corrected chi connectivity index (χ0v) is 30.7. The lowest BCUT2D eigenvalue weighted by molar-refractivity contribution is -0.162. The van der Waals surface area contributed by atoms with Crippen LogP contribution in [-0.2, 0) is 38.1 Å². The molecule has 13 nitrogen and oxygen atoms in total. The number of amides is 3. The van der Waals surface area contributed by atoms with Gasteiger partial charge in [0.2, 0.25) is 17.7 Å². The topological polar surface area (TPSA) is 147 Å². The van der Waals surface area contributed by atoms with E-state index in [2.05, 4.69) is 26.1 Å². The van der Waals surface area contributed by atoms with Crippen molar-refractivity contribution in [3.63, 3.8) is 0 Å². The lowest BCUT2D eigenvalue weighted by Gasteiger charge is -2.37. The number of morpholine rings is 1. The number of likely N-dealkylation sites (tertiary alicyclic amines) is 1. The molecular formula is C37H49BrN4O9. The first-order valence-corrected chi connectivity index (χ1v) is 18.8. The molecule has 5 aliphatic rings. The van der Waals surface area contributed by atoms with Gasteiger partial charge < -0.3 is 39.2 Å². The van der Waals surface area contributed by atoms with E-state index in [-0.39, 0.29) is 50.4 Å². The number of unbranched alkanes of at least 4 members (excludes halogenated alkanes) is 2. The monoisotopic (exact) mass is 772 g/mol. The van der Waals surface area contributed by atoms with Crippen LogP contribution in [0.15, 0.2) is 53.0 Å². The summed E-state index contributed by atoms with van der Waals surface area (Å²) in [6.45, 7) is 4.46. The van der Waals surface area contributed by atoms with Gasteiger partial charge in [0, 0.05) is 63.9 Å². The van der Waals surface area contributed by atoms with E-state index in [1.165, 1.54) is 7.11 Å². The van der Waals surface area contributed by atoms with Gasteiger partial charge in [-0.2, -0.15) is 0 Å². The highest BCUT2D eigenvalue weighted by Gasteiger charge is 2.75. The fourth-order valence-electron chi connectivity index (χ4n) is 8.05. The van der Waals surface area contributed by atoms with Crippen LogP contribution >= 0.6 is 15.9 Å². The van der Waals surface area contributed by atoms with E-state index < -0.39 is 47.7 Å². The van der Waals surface area contributed by atoms with Gasteiger partial charge in [-0.1, -0.05) is 58.4 Å². The van der Waals surface area contributed by atoms with Crippen molar-refractivity contribution in [2.45, 2.75) is 62.0 Å². The van der Waals surface area contributed by atoms with Crippen LogP contribution < -0.4 is 5.32 Å². The maximum atomic E-state index is 14.9. The number of ether oxygens (including phenoxy) is 4. The number of carbonyl (C=O) groups is 4. The van der Waals surface area contributed by atoms with E-state index in [1.807, 2.05) is 48.6 Å². The van der Waals surface area contributed by atoms with Crippen LogP contribution in [0, 0.1) is 11.8 Å². The zero-order valence-electron chi connectivity index (χ0n) is 29.1. The van der Waals surface area contributed by atoms with Gasteiger partial charge in [-0.3, -0.25) is 24.1 Å². The average Bonchev–Trinajstić information content (AvgIpc) is 3.73. The Morgan fingerprint density at radius 3 is 2.51 bits per heavy atom. The number of aliphatic hydroxyl groups is 1. The maximum absolute atomic E-state index is 14.9. The number of cyclic esters (lactones) is 1. The van der Waals surface area contributed by atoms with Crippen LogP contribution in [0.4, 0.5) is 0 Å². The van der Waals surface area contributed by atoms with Crippen LogP contribution in [-0.4, -0.2) is 140 Å². The summed E-state index contributed by atoms with van der Waals surface area (Å²) in [4.78, 5) is 62.9. The smallest absolute Gasteiger partial charge is 0.313 e. The third-order valence-electron chi connectivity index (χ3n) is 10.6. The van der Waals surface area contributed by atoms with Crippen LogP contribution in [0.1, 0.15) is 43.8 Å². The summed E-state index contributed by atoms with van der Waals surface area (Å²) < 4.78 is 24.6. The quantitative estimate of drug-likeness (QED) is 0.195. The molecule has 5 aliphatic heterocycles. The largest absolute Gasteiger partial charge is 0.455 e. The number of carbonyl (C=O) groups excluding carboxylic acids is 4. The number of nitrogens with zero attached hydrogens (tertiary/aromatic N) is 3. The van der Waals surface area contributed by atoms with Crippen LogP contribution in [0.3, 0.4) is 0 Å². The predicted octanol–water partition coefficient (Wildman–Crippen LogP) is 1.95. The highest BCUT2D eigenvalue weighted by molar-refractivity contribution is 9.11. The number of nitrogens with one attached hydrogen (secondary N) is 1.